The Bertz CT molecular complexity index is 424. The number of hydrogen-bond acceptors (Lipinski definition) is 3. The van der Waals surface area contributed by atoms with Crippen LogP contribution >= 0.6 is 0 Å². The maximum atomic E-state index is 12.2. The summed E-state index contributed by atoms with van der Waals surface area (Å²) in [7, 11) is 0. The van der Waals surface area contributed by atoms with Crippen molar-refractivity contribution in [2.24, 2.45) is 0 Å². The Balaban J connectivity index is 1.92. The standard InChI is InChI=1S/C13H19N3O3/c17-12(6-9-15-8-3-7-14-15)16(10-13(18)19)11-4-1-2-5-11/h3,7-8,11H,1-2,4-6,9-10H2,(H,18,19). The summed E-state index contributed by atoms with van der Waals surface area (Å²) in [5.74, 6) is -1.04. The first-order valence-electron chi connectivity index (χ1n) is 6.65. The molecule has 104 valence electrons. The van der Waals surface area contributed by atoms with Crippen molar-refractivity contribution in [3.8, 4) is 0 Å². The largest absolute Gasteiger partial charge is 0.480 e. The number of carbonyl (C=O) groups excluding carboxylic acids is 1. The molecule has 0 unspecified atom stereocenters. The molecule has 1 aliphatic carbocycles. The van der Waals surface area contributed by atoms with Crippen LogP contribution in [0.3, 0.4) is 0 Å². The number of hydrogen-bond donors (Lipinski definition) is 1. The van der Waals surface area contributed by atoms with E-state index in [0.29, 0.717) is 13.0 Å². The van der Waals surface area contributed by atoms with E-state index in [1.807, 2.05) is 0 Å². The summed E-state index contributed by atoms with van der Waals surface area (Å²) in [5.41, 5.74) is 0. The predicted molar refractivity (Wildman–Crippen MR) is 68.4 cm³/mol. The lowest BCUT2D eigenvalue weighted by molar-refractivity contribution is -0.146. The van der Waals surface area contributed by atoms with Crippen molar-refractivity contribution in [3.63, 3.8) is 0 Å². The number of aliphatic carboxylic acids is 1. The van der Waals surface area contributed by atoms with E-state index in [4.69, 9.17) is 5.11 Å². The Labute approximate surface area is 112 Å². The lowest BCUT2D eigenvalue weighted by atomic mass is 10.2. The summed E-state index contributed by atoms with van der Waals surface area (Å²) < 4.78 is 1.69. The molecule has 1 fully saturated rings. The van der Waals surface area contributed by atoms with Gasteiger partial charge in [-0.25, -0.2) is 0 Å². The van der Waals surface area contributed by atoms with Gasteiger partial charge in [-0.15, -0.1) is 0 Å². The van der Waals surface area contributed by atoms with Gasteiger partial charge in [0.25, 0.3) is 0 Å². The maximum Gasteiger partial charge on any atom is 0.323 e. The highest BCUT2D eigenvalue weighted by Crippen LogP contribution is 2.23. The average Bonchev–Trinajstić information content (AvgIpc) is 3.05. The Morgan fingerprint density at radius 2 is 2.11 bits per heavy atom. The zero-order valence-electron chi connectivity index (χ0n) is 10.9. The fourth-order valence-electron chi connectivity index (χ4n) is 2.57. The van der Waals surface area contributed by atoms with Crippen molar-refractivity contribution in [3.05, 3.63) is 18.5 Å². The topological polar surface area (TPSA) is 75.4 Å². The molecule has 0 radical (unpaired) electrons. The van der Waals surface area contributed by atoms with Gasteiger partial charge in [0.05, 0.1) is 0 Å². The molecule has 1 aromatic heterocycles. The third-order valence-corrected chi connectivity index (χ3v) is 3.51. The van der Waals surface area contributed by atoms with Crippen LogP contribution in [0, 0.1) is 0 Å². The predicted octanol–water partition coefficient (Wildman–Crippen LogP) is 1.13. The number of nitrogens with zero attached hydrogens (tertiary/aromatic N) is 3. The molecule has 1 saturated carbocycles. The van der Waals surface area contributed by atoms with Crippen molar-refractivity contribution in [1.82, 2.24) is 14.7 Å². The molecule has 1 N–H and O–H groups in total. The molecule has 1 amide bonds. The minimum Gasteiger partial charge on any atom is -0.480 e. The Hall–Kier alpha value is -1.85. The van der Waals surface area contributed by atoms with E-state index in [1.165, 1.54) is 4.90 Å². The number of aryl methyl sites for hydroxylation is 1. The van der Waals surface area contributed by atoms with Gasteiger partial charge in [-0.05, 0) is 18.9 Å². The highest BCUT2D eigenvalue weighted by Gasteiger charge is 2.27. The molecule has 0 bridgehead atoms. The SMILES string of the molecule is O=C(O)CN(C(=O)CCn1cccn1)C1CCCC1. The highest BCUT2D eigenvalue weighted by molar-refractivity contribution is 5.81. The molecule has 1 heterocycles. The van der Waals surface area contributed by atoms with Crippen molar-refractivity contribution in [1.29, 1.82) is 0 Å². The van der Waals surface area contributed by atoms with Gasteiger partial charge in [0, 0.05) is 31.4 Å². The van der Waals surface area contributed by atoms with E-state index in [-0.39, 0.29) is 18.5 Å². The minimum absolute atomic E-state index is 0.0928. The van der Waals surface area contributed by atoms with Crippen LogP contribution in [0.4, 0.5) is 0 Å². The van der Waals surface area contributed by atoms with Crippen LogP contribution in [-0.2, 0) is 16.1 Å². The van der Waals surface area contributed by atoms with E-state index in [2.05, 4.69) is 5.10 Å². The van der Waals surface area contributed by atoms with Gasteiger partial charge in [-0.2, -0.15) is 5.10 Å². The average molecular weight is 265 g/mol. The van der Waals surface area contributed by atoms with Gasteiger partial charge in [0.15, 0.2) is 0 Å². The van der Waals surface area contributed by atoms with Gasteiger partial charge in [-0.1, -0.05) is 12.8 Å². The summed E-state index contributed by atoms with van der Waals surface area (Å²) in [4.78, 5) is 24.6. The first-order valence-corrected chi connectivity index (χ1v) is 6.65. The van der Waals surface area contributed by atoms with Crippen LogP contribution < -0.4 is 0 Å². The molecule has 1 aliphatic rings. The number of amides is 1. The number of carboxylic acids is 1. The fraction of sp³-hybridized carbons (Fsp3) is 0.615. The van der Waals surface area contributed by atoms with Gasteiger partial charge < -0.3 is 10.0 Å². The molecular weight excluding hydrogens is 246 g/mol. The van der Waals surface area contributed by atoms with Gasteiger partial charge in [0.1, 0.15) is 6.54 Å². The molecule has 0 atom stereocenters. The van der Waals surface area contributed by atoms with Gasteiger partial charge in [-0.3, -0.25) is 14.3 Å². The quantitative estimate of drug-likeness (QED) is 0.836. The molecule has 19 heavy (non-hydrogen) atoms. The molecule has 0 spiro atoms. The van der Waals surface area contributed by atoms with Crippen LogP contribution in [0.15, 0.2) is 18.5 Å². The van der Waals surface area contributed by atoms with Crippen LogP contribution in [0.2, 0.25) is 0 Å². The lowest BCUT2D eigenvalue weighted by Crippen LogP contribution is -2.42. The summed E-state index contributed by atoms with van der Waals surface area (Å²) in [6, 6.07) is 1.90. The van der Waals surface area contributed by atoms with Crippen LogP contribution in [0.1, 0.15) is 32.1 Å². The smallest absolute Gasteiger partial charge is 0.323 e. The Morgan fingerprint density at radius 1 is 1.37 bits per heavy atom. The van der Waals surface area contributed by atoms with Crippen LogP contribution in [0.5, 0.6) is 0 Å². The molecule has 0 aromatic carbocycles. The molecule has 6 heteroatoms. The number of carboxylic acid groups (broad SMARTS) is 1. The Kier molecular flexibility index (Phi) is 4.54. The van der Waals surface area contributed by atoms with Crippen molar-refractivity contribution in [2.45, 2.75) is 44.7 Å². The van der Waals surface area contributed by atoms with E-state index < -0.39 is 5.97 Å². The normalized spacial score (nSPS) is 15.6. The molecular formula is C13H19N3O3. The molecule has 2 rings (SSSR count). The minimum atomic E-state index is -0.945. The van der Waals surface area contributed by atoms with Crippen LogP contribution in [0.25, 0.3) is 0 Å². The lowest BCUT2D eigenvalue weighted by Gasteiger charge is -2.27. The second-order valence-corrected chi connectivity index (χ2v) is 4.87. The molecule has 1 aromatic rings. The van der Waals surface area contributed by atoms with Crippen molar-refractivity contribution in [2.75, 3.05) is 6.54 Å². The zero-order valence-corrected chi connectivity index (χ0v) is 10.9. The summed E-state index contributed by atoms with van der Waals surface area (Å²) in [5, 5.41) is 13.0. The van der Waals surface area contributed by atoms with Crippen molar-refractivity contribution >= 4 is 11.9 Å². The number of carbonyl (C=O) groups is 2. The summed E-state index contributed by atoms with van der Waals surface area (Å²) >= 11 is 0. The van der Waals surface area contributed by atoms with E-state index in [0.717, 1.165) is 25.7 Å². The van der Waals surface area contributed by atoms with Gasteiger partial charge in [0.2, 0.25) is 5.91 Å². The van der Waals surface area contributed by atoms with Crippen LogP contribution in [-0.4, -0.2) is 44.3 Å². The zero-order chi connectivity index (χ0) is 13.7. The van der Waals surface area contributed by atoms with Gasteiger partial charge >= 0.3 is 5.97 Å². The molecule has 0 aliphatic heterocycles. The second kappa shape index (κ2) is 6.36. The maximum absolute atomic E-state index is 12.2. The summed E-state index contributed by atoms with van der Waals surface area (Å²) in [6.07, 6.45) is 7.74. The highest BCUT2D eigenvalue weighted by atomic mass is 16.4. The molecule has 0 saturated heterocycles. The monoisotopic (exact) mass is 265 g/mol. The van der Waals surface area contributed by atoms with E-state index in [9.17, 15) is 9.59 Å². The number of aromatic nitrogens is 2. The van der Waals surface area contributed by atoms with Crippen molar-refractivity contribution < 1.29 is 14.7 Å². The van der Waals surface area contributed by atoms with E-state index >= 15 is 0 Å². The summed E-state index contributed by atoms with van der Waals surface area (Å²) in [6.45, 7) is 0.303. The molecule has 6 nitrogen and oxygen atoms in total. The fourth-order valence-corrected chi connectivity index (χ4v) is 2.57. The first kappa shape index (κ1) is 13.6. The van der Waals surface area contributed by atoms with E-state index in [1.54, 1.807) is 23.1 Å². The second-order valence-electron chi connectivity index (χ2n) is 4.87. The number of rotatable bonds is 6. The third kappa shape index (κ3) is 3.81. The Morgan fingerprint density at radius 3 is 2.68 bits per heavy atom. The first-order chi connectivity index (χ1) is 9.16. The third-order valence-electron chi connectivity index (χ3n) is 3.51.